The third-order valence-electron chi connectivity index (χ3n) is 6.44. The number of hydrogen-bond acceptors (Lipinski definition) is 6. The first-order chi connectivity index (χ1) is 18.4. The molecule has 2 atom stereocenters. The number of aryl methyl sites for hydroxylation is 2. The molecule has 2 N–H and O–H groups in total. The minimum Gasteiger partial charge on any atom is -0.480 e. The molecule has 1 amide bonds. The van der Waals surface area contributed by atoms with Gasteiger partial charge < -0.3 is 19.6 Å². The van der Waals surface area contributed by atoms with Crippen LogP contribution in [0.5, 0.6) is 0 Å². The van der Waals surface area contributed by atoms with E-state index in [9.17, 15) is 14.7 Å². The Morgan fingerprint density at radius 1 is 1.13 bits per heavy atom. The molecule has 38 heavy (non-hydrogen) atoms. The van der Waals surface area contributed by atoms with Crippen LogP contribution >= 0.6 is 11.8 Å². The lowest BCUT2D eigenvalue weighted by Crippen LogP contribution is -2.41. The second-order valence-corrected chi connectivity index (χ2v) is 10.3. The van der Waals surface area contributed by atoms with E-state index in [1.54, 1.807) is 24.0 Å². The van der Waals surface area contributed by atoms with E-state index in [0.717, 1.165) is 53.7 Å². The second kappa shape index (κ2) is 14.7. The van der Waals surface area contributed by atoms with Crippen molar-refractivity contribution in [3.8, 4) is 11.1 Å². The van der Waals surface area contributed by atoms with Crippen LogP contribution in [0.4, 0.5) is 0 Å². The molecule has 0 spiro atoms. The number of carboxylic acids is 1. The highest BCUT2D eigenvalue weighted by Gasteiger charge is 2.23. The molecule has 3 rings (SSSR count). The number of carbonyl (C=O) groups is 2. The number of nitrogens with one attached hydrogen (secondary N) is 1. The second-order valence-electron chi connectivity index (χ2n) is 9.29. The molecule has 204 valence electrons. The van der Waals surface area contributed by atoms with E-state index in [-0.39, 0.29) is 6.10 Å². The van der Waals surface area contributed by atoms with E-state index in [1.165, 1.54) is 0 Å². The van der Waals surface area contributed by atoms with Crippen LogP contribution in [0, 0.1) is 6.92 Å². The maximum absolute atomic E-state index is 13.3. The highest BCUT2D eigenvalue weighted by atomic mass is 32.2. The Bertz CT molecular complexity index is 1210. The first-order valence-electron chi connectivity index (χ1n) is 13.2. The number of unbranched alkanes of at least 4 members (excludes halogenated alkanes) is 1. The van der Waals surface area contributed by atoms with Crippen molar-refractivity contribution in [2.24, 2.45) is 0 Å². The lowest BCUT2D eigenvalue weighted by atomic mass is 9.93. The van der Waals surface area contributed by atoms with Crippen LogP contribution in [0.2, 0.25) is 0 Å². The number of thioether (sulfide) groups is 1. The zero-order chi connectivity index (χ0) is 27.5. The maximum atomic E-state index is 13.3. The molecule has 0 fully saturated rings. The quantitative estimate of drug-likeness (QED) is 0.225. The van der Waals surface area contributed by atoms with Crippen LogP contribution in [-0.4, -0.2) is 40.0 Å². The molecule has 8 heteroatoms. The van der Waals surface area contributed by atoms with E-state index in [1.807, 2.05) is 56.5 Å². The minimum absolute atomic E-state index is 0.208. The fraction of sp³-hybridized carbons (Fsp3) is 0.433. The van der Waals surface area contributed by atoms with Crippen LogP contribution in [0.25, 0.3) is 11.1 Å². The Morgan fingerprint density at radius 3 is 2.58 bits per heavy atom. The Kier molecular flexibility index (Phi) is 11.4. The normalized spacial score (nSPS) is 12.7. The fourth-order valence-corrected chi connectivity index (χ4v) is 4.71. The molecule has 0 saturated carbocycles. The van der Waals surface area contributed by atoms with E-state index in [2.05, 4.69) is 17.2 Å². The topological polar surface area (TPSA) is 102 Å². The Hall–Kier alpha value is -3.10. The molecule has 1 aromatic heterocycles. The number of amides is 1. The number of rotatable bonds is 15. The van der Waals surface area contributed by atoms with Crippen molar-refractivity contribution in [3.63, 3.8) is 0 Å². The summed E-state index contributed by atoms with van der Waals surface area (Å²) in [6.45, 7) is 6.48. The van der Waals surface area contributed by atoms with Crippen LogP contribution in [0.15, 0.2) is 53.1 Å². The van der Waals surface area contributed by atoms with Crippen molar-refractivity contribution in [3.05, 3.63) is 77.0 Å². The average Bonchev–Trinajstić information content (AvgIpc) is 3.40. The van der Waals surface area contributed by atoms with E-state index < -0.39 is 17.9 Å². The van der Waals surface area contributed by atoms with Gasteiger partial charge in [0.05, 0.1) is 12.8 Å². The van der Waals surface area contributed by atoms with Crippen molar-refractivity contribution in [2.75, 3.05) is 12.0 Å². The Balaban J connectivity index is 1.89. The molecule has 0 bridgehead atoms. The highest BCUT2D eigenvalue weighted by molar-refractivity contribution is 7.98. The molecular weight excluding hydrogens is 500 g/mol. The number of nitrogens with zero attached hydrogens (tertiary/aromatic N) is 1. The standard InChI is InChI=1S/C30H38N2O5S/c1-5-7-12-26(27-18-31-28(6-2)37-27)36-19-21-13-14-23(24(17-21)22-11-9-8-10-20(22)3)29(33)32-25(30(34)35)15-16-38-4/h8-11,13-14,17-18,25-26H,5-7,12,15-16,19H2,1-4H3,(H,32,33)(H,34,35). The summed E-state index contributed by atoms with van der Waals surface area (Å²) < 4.78 is 12.2. The Morgan fingerprint density at radius 2 is 1.92 bits per heavy atom. The number of ether oxygens (including phenoxy) is 1. The number of hydrogen-bond donors (Lipinski definition) is 2. The molecule has 2 unspecified atom stereocenters. The first kappa shape index (κ1) is 29.5. The summed E-state index contributed by atoms with van der Waals surface area (Å²) in [5.74, 6) is 0.628. The fourth-order valence-electron chi connectivity index (χ4n) is 4.24. The van der Waals surface area contributed by atoms with Crippen molar-refractivity contribution >= 4 is 23.6 Å². The summed E-state index contributed by atoms with van der Waals surface area (Å²) in [7, 11) is 0. The third kappa shape index (κ3) is 7.95. The molecular formula is C30H38N2O5S. The summed E-state index contributed by atoms with van der Waals surface area (Å²) in [6.07, 6.45) is 7.41. The smallest absolute Gasteiger partial charge is 0.326 e. The summed E-state index contributed by atoms with van der Waals surface area (Å²) in [5, 5.41) is 12.3. The number of aliphatic carboxylic acids is 1. The van der Waals surface area contributed by atoms with Crippen molar-refractivity contribution in [1.29, 1.82) is 0 Å². The van der Waals surface area contributed by atoms with Gasteiger partial charge in [0.2, 0.25) is 0 Å². The molecule has 0 saturated heterocycles. The van der Waals surface area contributed by atoms with Gasteiger partial charge in [0.1, 0.15) is 12.1 Å². The van der Waals surface area contributed by atoms with Gasteiger partial charge in [0, 0.05) is 12.0 Å². The van der Waals surface area contributed by atoms with Gasteiger partial charge in [-0.1, -0.05) is 57.0 Å². The molecule has 1 heterocycles. The lowest BCUT2D eigenvalue weighted by Gasteiger charge is -2.19. The molecule has 0 aliphatic heterocycles. The number of aromatic nitrogens is 1. The van der Waals surface area contributed by atoms with Crippen molar-refractivity contribution < 1.29 is 23.8 Å². The molecule has 7 nitrogen and oxygen atoms in total. The largest absolute Gasteiger partial charge is 0.480 e. The summed E-state index contributed by atoms with van der Waals surface area (Å²) >= 11 is 1.55. The van der Waals surface area contributed by atoms with Gasteiger partial charge >= 0.3 is 5.97 Å². The summed E-state index contributed by atoms with van der Waals surface area (Å²) in [6, 6.07) is 12.5. The van der Waals surface area contributed by atoms with Gasteiger partial charge in [0.25, 0.3) is 5.91 Å². The zero-order valence-electron chi connectivity index (χ0n) is 22.7. The molecule has 0 aliphatic carbocycles. The zero-order valence-corrected chi connectivity index (χ0v) is 23.5. The molecule has 0 aliphatic rings. The number of oxazole rings is 1. The minimum atomic E-state index is -1.04. The lowest BCUT2D eigenvalue weighted by molar-refractivity contribution is -0.139. The number of carboxylic acid groups (broad SMARTS) is 1. The van der Waals surface area contributed by atoms with Gasteiger partial charge in [-0.3, -0.25) is 4.79 Å². The average molecular weight is 539 g/mol. The molecule has 3 aromatic rings. The predicted octanol–water partition coefficient (Wildman–Crippen LogP) is 6.60. The first-order valence-corrected chi connectivity index (χ1v) is 14.5. The van der Waals surface area contributed by atoms with Crippen LogP contribution in [-0.2, 0) is 22.6 Å². The van der Waals surface area contributed by atoms with Crippen molar-refractivity contribution in [1.82, 2.24) is 10.3 Å². The van der Waals surface area contributed by atoms with E-state index in [4.69, 9.17) is 9.15 Å². The van der Waals surface area contributed by atoms with Gasteiger partial charge in [-0.15, -0.1) is 0 Å². The van der Waals surface area contributed by atoms with Crippen LogP contribution in [0.3, 0.4) is 0 Å². The van der Waals surface area contributed by atoms with E-state index >= 15 is 0 Å². The van der Waals surface area contributed by atoms with Gasteiger partial charge in [-0.25, -0.2) is 9.78 Å². The van der Waals surface area contributed by atoms with Gasteiger partial charge in [-0.2, -0.15) is 11.8 Å². The van der Waals surface area contributed by atoms with Gasteiger partial charge in [0.15, 0.2) is 11.7 Å². The maximum Gasteiger partial charge on any atom is 0.326 e. The predicted molar refractivity (Wildman–Crippen MR) is 151 cm³/mol. The van der Waals surface area contributed by atoms with E-state index in [0.29, 0.717) is 30.2 Å². The van der Waals surface area contributed by atoms with Crippen LogP contribution in [0.1, 0.15) is 78.8 Å². The Labute approximate surface area is 229 Å². The molecule has 2 aromatic carbocycles. The molecule has 0 radical (unpaired) electrons. The van der Waals surface area contributed by atoms with Gasteiger partial charge in [-0.05, 0) is 66.2 Å². The SMILES string of the molecule is CCCCC(OCc1ccc(C(=O)NC(CCSC)C(=O)O)c(-c2ccccc2C)c1)c1cnc(CC)o1. The third-order valence-corrected chi connectivity index (χ3v) is 7.08. The monoisotopic (exact) mass is 538 g/mol. The summed E-state index contributed by atoms with van der Waals surface area (Å²) in [5.41, 5.74) is 4.03. The number of carbonyl (C=O) groups excluding carboxylic acids is 1. The highest BCUT2D eigenvalue weighted by Crippen LogP contribution is 2.30. The van der Waals surface area contributed by atoms with Crippen molar-refractivity contribution in [2.45, 2.75) is 71.6 Å². The summed E-state index contributed by atoms with van der Waals surface area (Å²) in [4.78, 5) is 29.4. The van der Waals surface area contributed by atoms with Crippen LogP contribution < -0.4 is 5.32 Å². The number of benzene rings is 2.